The van der Waals surface area contributed by atoms with Crippen LogP contribution in [0.15, 0.2) is 120 Å². The van der Waals surface area contributed by atoms with E-state index in [0.717, 1.165) is 66.2 Å². The fraction of sp³-hybridized carbons (Fsp3) is 0.310. The number of aromatic nitrogens is 3. The molecule has 0 radical (unpaired) electrons. The molecule has 1 saturated carbocycles. The number of phenolic OH excluding ortho intramolecular Hbond substituents is 1. The molecule has 1 aliphatic rings. The Bertz CT molecular complexity index is 3230. The van der Waals surface area contributed by atoms with Crippen molar-refractivity contribution in [1.82, 2.24) is 14.5 Å². The molecule has 3 aromatic heterocycles. The molecule has 0 bridgehead atoms. The van der Waals surface area contributed by atoms with E-state index in [2.05, 4.69) is 164 Å². The third kappa shape index (κ3) is 7.78. The van der Waals surface area contributed by atoms with Crippen LogP contribution in [-0.4, -0.2) is 19.6 Å². The fourth-order valence-electron chi connectivity index (χ4n) is 9.87. The maximum atomic E-state index is 12.3. The molecule has 0 saturated heterocycles. The van der Waals surface area contributed by atoms with Gasteiger partial charge in [-0.3, -0.25) is 9.55 Å². The molecule has 328 valence electrons. The topological polar surface area (TPSA) is 64.1 Å². The van der Waals surface area contributed by atoms with Crippen molar-refractivity contribution in [3.63, 3.8) is 0 Å². The Balaban J connectivity index is 0.00000518. The van der Waals surface area contributed by atoms with Crippen LogP contribution in [0, 0.1) is 6.07 Å². The van der Waals surface area contributed by atoms with Crippen LogP contribution >= 0.6 is 0 Å². The summed E-state index contributed by atoms with van der Waals surface area (Å²) in [7, 11) is 0. The van der Waals surface area contributed by atoms with Gasteiger partial charge in [-0.25, -0.2) is 4.98 Å². The van der Waals surface area contributed by atoms with Crippen molar-refractivity contribution >= 4 is 43.7 Å². The van der Waals surface area contributed by atoms with Crippen molar-refractivity contribution in [2.24, 2.45) is 0 Å². The van der Waals surface area contributed by atoms with Gasteiger partial charge in [0.05, 0.1) is 22.3 Å². The Kier molecular flexibility index (Phi) is 11.1. The SMILES string of the molecule is CC(C)(C)c1cc(-c2cc(C3CCCCC3)ccn2)[c-]c(-c2cccc3c2nc(-c2cc4oc5ccc6ccccc6c5c4cc2O)n3-c2ccc(C(C)(C)C)cc2C(C)(C)C)c1.[Pt]. The van der Waals surface area contributed by atoms with Gasteiger partial charge in [-0.2, -0.15) is 0 Å². The molecule has 1 aliphatic carbocycles. The molecule has 6 heteroatoms. The third-order valence-electron chi connectivity index (χ3n) is 13.5. The molecule has 0 unspecified atom stereocenters. The van der Waals surface area contributed by atoms with E-state index in [1.54, 1.807) is 0 Å². The Hall–Kier alpha value is -5.51. The third-order valence-corrected chi connectivity index (χ3v) is 13.5. The molecular weight excluding hydrogens is 966 g/mol. The summed E-state index contributed by atoms with van der Waals surface area (Å²) < 4.78 is 8.87. The second-order valence-corrected chi connectivity index (χ2v) is 21.1. The van der Waals surface area contributed by atoms with Gasteiger partial charge in [0.2, 0.25) is 0 Å². The minimum Gasteiger partial charge on any atom is -0.507 e. The van der Waals surface area contributed by atoms with Gasteiger partial charge in [0.1, 0.15) is 22.7 Å². The maximum absolute atomic E-state index is 12.3. The fourth-order valence-corrected chi connectivity index (χ4v) is 9.87. The van der Waals surface area contributed by atoms with Crippen LogP contribution in [0.5, 0.6) is 5.75 Å². The van der Waals surface area contributed by atoms with Crippen LogP contribution in [-0.2, 0) is 37.3 Å². The molecule has 0 aliphatic heterocycles. The largest absolute Gasteiger partial charge is 0.507 e. The molecule has 64 heavy (non-hydrogen) atoms. The second-order valence-electron chi connectivity index (χ2n) is 21.1. The summed E-state index contributed by atoms with van der Waals surface area (Å²) in [6, 6.07) is 42.6. The van der Waals surface area contributed by atoms with E-state index in [1.807, 2.05) is 24.4 Å². The number of imidazole rings is 1. The summed E-state index contributed by atoms with van der Waals surface area (Å²) >= 11 is 0. The molecule has 0 amide bonds. The summed E-state index contributed by atoms with van der Waals surface area (Å²) in [4.78, 5) is 10.6. The molecule has 1 fully saturated rings. The zero-order valence-electron chi connectivity index (χ0n) is 38.6. The predicted octanol–water partition coefficient (Wildman–Crippen LogP) is 15.9. The van der Waals surface area contributed by atoms with E-state index < -0.39 is 0 Å². The number of aromatic hydroxyl groups is 1. The zero-order valence-corrected chi connectivity index (χ0v) is 40.9. The Morgan fingerprint density at radius 1 is 0.656 bits per heavy atom. The number of phenols is 1. The van der Waals surface area contributed by atoms with Crippen molar-refractivity contribution in [3.8, 4) is 45.2 Å². The normalized spacial score (nSPS) is 14.2. The maximum Gasteiger partial charge on any atom is 0.148 e. The van der Waals surface area contributed by atoms with E-state index >= 15 is 0 Å². The second kappa shape index (κ2) is 16.2. The molecule has 0 spiro atoms. The first-order valence-electron chi connectivity index (χ1n) is 22.8. The number of pyridine rings is 1. The van der Waals surface area contributed by atoms with Gasteiger partial charge in [-0.1, -0.05) is 153 Å². The number of hydrogen-bond donors (Lipinski definition) is 1. The summed E-state index contributed by atoms with van der Waals surface area (Å²) in [6.45, 7) is 20.4. The van der Waals surface area contributed by atoms with E-state index in [-0.39, 0.29) is 43.1 Å². The number of para-hydroxylation sites is 1. The van der Waals surface area contributed by atoms with Crippen LogP contribution in [0.25, 0.3) is 83.2 Å². The molecule has 5 nitrogen and oxygen atoms in total. The van der Waals surface area contributed by atoms with Crippen molar-refractivity contribution in [3.05, 3.63) is 144 Å². The van der Waals surface area contributed by atoms with Gasteiger partial charge < -0.3 is 9.52 Å². The summed E-state index contributed by atoms with van der Waals surface area (Å²) in [5, 5.41) is 16.4. The first-order chi connectivity index (χ1) is 30.0. The number of rotatable bonds is 5. The van der Waals surface area contributed by atoms with Crippen LogP contribution in [0.2, 0.25) is 0 Å². The van der Waals surface area contributed by atoms with Gasteiger partial charge in [-0.15, -0.1) is 29.3 Å². The molecule has 1 N–H and O–H groups in total. The van der Waals surface area contributed by atoms with Crippen molar-refractivity contribution in [2.75, 3.05) is 0 Å². The van der Waals surface area contributed by atoms with Gasteiger partial charge in [-0.05, 0) is 98.9 Å². The number of hydrogen-bond acceptors (Lipinski definition) is 4. The predicted molar refractivity (Wildman–Crippen MR) is 262 cm³/mol. The van der Waals surface area contributed by atoms with Crippen LogP contribution in [0.4, 0.5) is 0 Å². The average molecular weight is 1020 g/mol. The van der Waals surface area contributed by atoms with Crippen molar-refractivity contribution in [2.45, 2.75) is 117 Å². The first-order valence-corrected chi connectivity index (χ1v) is 22.8. The molecule has 0 atom stereocenters. The Morgan fingerprint density at radius 3 is 2.16 bits per heavy atom. The summed E-state index contributed by atoms with van der Waals surface area (Å²) in [5.74, 6) is 1.37. The van der Waals surface area contributed by atoms with Crippen LogP contribution < -0.4 is 0 Å². The van der Waals surface area contributed by atoms with E-state index in [4.69, 9.17) is 14.4 Å². The van der Waals surface area contributed by atoms with Gasteiger partial charge in [0.25, 0.3) is 0 Å². The van der Waals surface area contributed by atoms with Crippen molar-refractivity contribution < 1.29 is 30.6 Å². The summed E-state index contributed by atoms with van der Waals surface area (Å²) in [6.07, 6.45) is 8.36. The molecular formula is C58H58N3O2Pt-. The molecule has 3 heterocycles. The number of furan rings is 1. The Labute approximate surface area is 392 Å². The van der Waals surface area contributed by atoms with Gasteiger partial charge >= 0.3 is 0 Å². The smallest absolute Gasteiger partial charge is 0.148 e. The molecule has 6 aromatic carbocycles. The average Bonchev–Trinajstić information content (AvgIpc) is 3.83. The minimum atomic E-state index is -0.212. The Morgan fingerprint density at radius 2 is 1.41 bits per heavy atom. The van der Waals surface area contributed by atoms with Gasteiger partial charge in [0.15, 0.2) is 0 Å². The number of nitrogens with zero attached hydrogens (tertiary/aromatic N) is 3. The van der Waals surface area contributed by atoms with E-state index in [1.165, 1.54) is 54.4 Å². The number of benzene rings is 6. The van der Waals surface area contributed by atoms with Crippen molar-refractivity contribution in [1.29, 1.82) is 0 Å². The van der Waals surface area contributed by atoms with Crippen LogP contribution in [0.1, 0.15) is 123 Å². The van der Waals surface area contributed by atoms with Crippen LogP contribution in [0.3, 0.4) is 0 Å². The molecule has 9 aromatic rings. The molecule has 10 rings (SSSR count). The summed E-state index contributed by atoms with van der Waals surface area (Å²) in [5.41, 5.74) is 13.4. The quantitative estimate of drug-likeness (QED) is 0.175. The minimum absolute atomic E-state index is 0. The number of fused-ring (bicyclic) bond motifs is 6. The first kappa shape index (κ1) is 43.7. The van der Waals surface area contributed by atoms with E-state index in [9.17, 15) is 5.11 Å². The zero-order chi connectivity index (χ0) is 44.0. The van der Waals surface area contributed by atoms with Gasteiger partial charge in [0, 0.05) is 43.7 Å². The standard InChI is InChI=1S/C58H58N3O2.Pt/c1-56(2,3)40-23-24-48(46(32-40)58(7,8)9)61-49-21-15-20-43(38-28-39(30-41(29-38)57(4,5)6)47-31-37(26-27-59-47)35-16-11-10-12-17-35)54(49)60-55(61)44-34-52-45(33-50(44)62)53-42-19-14-13-18-36(42)22-25-51(53)63-52;/h13-15,18-27,29-35,62H,10-12,16-17H2,1-9H3;/q-1;. The van der Waals surface area contributed by atoms with E-state index in [0.29, 0.717) is 22.9 Å². The monoisotopic (exact) mass is 1020 g/mol.